The van der Waals surface area contributed by atoms with Crippen LogP contribution in [0.3, 0.4) is 0 Å². The van der Waals surface area contributed by atoms with E-state index in [9.17, 15) is 17.6 Å². The highest BCUT2D eigenvalue weighted by Crippen LogP contribution is 2.28. The fraction of sp³-hybridized carbons (Fsp3) is 0.250. The Morgan fingerprint density at radius 1 is 1.10 bits per heavy atom. The van der Waals surface area contributed by atoms with Crippen LogP contribution in [0.25, 0.3) is 5.70 Å². The van der Waals surface area contributed by atoms with Gasteiger partial charge in [0.15, 0.2) is 0 Å². The zero-order chi connectivity index (χ0) is 15.9. The van der Waals surface area contributed by atoms with Gasteiger partial charge in [-0.2, -0.15) is 17.6 Å². The van der Waals surface area contributed by atoms with Gasteiger partial charge in [-0.25, -0.2) is 4.98 Å². The minimum atomic E-state index is -4.71. The third-order valence-electron chi connectivity index (χ3n) is 1.91. The largest absolute Gasteiger partial charge is 0.433 e. The van der Waals surface area contributed by atoms with Gasteiger partial charge in [0.1, 0.15) is 5.69 Å². The van der Waals surface area contributed by atoms with E-state index in [2.05, 4.69) is 4.98 Å². The van der Waals surface area contributed by atoms with Crippen LogP contribution in [0.1, 0.15) is 25.1 Å². The van der Waals surface area contributed by atoms with Crippen molar-refractivity contribution in [2.45, 2.75) is 20.0 Å². The van der Waals surface area contributed by atoms with E-state index in [1.54, 1.807) is 0 Å². The second-order valence-corrected chi connectivity index (χ2v) is 3.32. The van der Waals surface area contributed by atoms with Gasteiger partial charge in [0.05, 0.1) is 11.4 Å². The Balaban J connectivity index is 0.00000172. The summed E-state index contributed by atoms with van der Waals surface area (Å²) in [6.07, 6.45) is -2.35. The van der Waals surface area contributed by atoms with Gasteiger partial charge in [-0.15, -0.1) is 0 Å². The molecule has 1 rings (SSSR count). The van der Waals surface area contributed by atoms with Crippen molar-refractivity contribution in [1.29, 1.82) is 0 Å². The van der Waals surface area contributed by atoms with E-state index >= 15 is 0 Å². The van der Waals surface area contributed by atoms with E-state index in [1.165, 1.54) is 12.2 Å². The maximum atomic E-state index is 13.3. The highest BCUT2D eigenvalue weighted by Gasteiger charge is 2.33. The Labute approximate surface area is 114 Å². The van der Waals surface area contributed by atoms with E-state index in [4.69, 9.17) is 17.2 Å². The molecule has 0 aliphatic rings. The van der Waals surface area contributed by atoms with Gasteiger partial charge in [-0.3, -0.25) is 0 Å². The van der Waals surface area contributed by atoms with Crippen molar-refractivity contribution in [2.24, 2.45) is 17.2 Å². The van der Waals surface area contributed by atoms with Gasteiger partial charge in [-0.1, -0.05) is 13.8 Å². The molecule has 0 saturated carbocycles. The highest BCUT2D eigenvalue weighted by atomic mass is 19.4. The molecule has 0 bridgehead atoms. The van der Waals surface area contributed by atoms with E-state index < -0.39 is 17.8 Å². The quantitative estimate of drug-likeness (QED) is 0.443. The Morgan fingerprint density at radius 2 is 1.65 bits per heavy atom. The van der Waals surface area contributed by atoms with Crippen LogP contribution in [0.4, 0.5) is 17.6 Å². The lowest BCUT2D eigenvalue weighted by Gasteiger charge is -2.08. The third-order valence-corrected chi connectivity index (χ3v) is 1.91. The summed E-state index contributed by atoms with van der Waals surface area (Å²) in [6, 6.07) is 1.52. The second-order valence-electron chi connectivity index (χ2n) is 3.32. The fourth-order valence-corrected chi connectivity index (χ4v) is 1.08. The van der Waals surface area contributed by atoms with E-state index in [-0.39, 0.29) is 17.1 Å². The van der Waals surface area contributed by atoms with Crippen LogP contribution in [0.2, 0.25) is 0 Å². The van der Waals surface area contributed by atoms with Gasteiger partial charge in [0, 0.05) is 5.70 Å². The molecule has 4 nitrogen and oxygen atoms in total. The zero-order valence-electron chi connectivity index (χ0n) is 11.0. The number of nitrogens with zero attached hydrogens (tertiary/aromatic N) is 1. The van der Waals surface area contributed by atoms with Gasteiger partial charge in [0.25, 0.3) is 0 Å². The van der Waals surface area contributed by atoms with E-state index in [1.807, 2.05) is 13.8 Å². The molecule has 1 heterocycles. The zero-order valence-corrected chi connectivity index (χ0v) is 11.0. The molecule has 6 N–H and O–H groups in total. The lowest BCUT2D eigenvalue weighted by molar-refractivity contribution is -0.141. The first-order chi connectivity index (χ1) is 9.21. The molecule has 112 valence electrons. The number of rotatable bonds is 2. The van der Waals surface area contributed by atoms with Crippen molar-refractivity contribution in [3.05, 3.63) is 47.3 Å². The summed E-state index contributed by atoms with van der Waals surface area (Å²) in [4.78, 5) is 2.80. The lowest BCUT2D eigenvalue weighted by Crippen LogP contribution is -2.11. The normalized spacial score (nSPS) is 11.4. The van der Waals surface area contributed by atoms with Crippen molar-refractivity contribution >= 4 is 5.70 Å². The number of hydrogen-bond donors (Lipinski definition) is 3. The van der Waals surface area contributed by atoms with Crippen LogP contribution in [-0.4, -0.2) is 4.98 Å². The van der Waals surface area contributed by atoms with Crippen molar-refractivity contribution in [3.63, 3.8) is 0 Å². The molecular weight excluding hydrogens is 276 g/mol. The first-order valence-electron chi connectivity index (χ1n) is 5.64. The van der Waals surface area contributed by atoms with Crippen molar-refractivity contribution in [2.75, 3.05) is 0 Å². The molecule has 0 radical (unpaired) electrons. The fourth-order valence-electron chi connectivity index (χ4n) is 1.08. The lowest BCUT2D eigenvalue weighted by atomic mass is 10.2. The van der Waals surface area contributed by atoms with Gasteiger partial charge < -0.3 is 17.2 Å². The van der Waals surface area contributed by atoms with Crippen molar-refractivity contribution in [3.8, 4) is 0 Å². The van der Waals surface area contributed by atoms with Crippen molar-refractivity contribution < 1.29 is 17.6 Å². The monoisotopic (exact) mass is 292 g/mol. The number of halogens is 4. The molecule has 0 unspecified atom stereocenters. The second kappa shape index (κ2) is 7.37. The predicted octanol–water partition coefficient (Wildman–Crippen LogP) is 2.32. The number of allylic oxidation sites excluding steroid dienone is 2. The standard InChI is InChI=1S/C10H10F4N4.C2H6/c11-9-5(6(15)2-4-8(16)17)1-3-7(18-9)10(12,13)14;1-2/h1-4H,15-17H2;1-2H3/b6-2-;. The molecule has 0 atom stereocenters. The maximum Gasteiger partial charge on any atom is 0.433 e. The summed E-state index contributed by atoms with van der Waals surface area (Å²) in [5.74, 6) is -1.39. The topological polar surface area (TPSA) is 91.0 Å². The molecule has 1 aromatic rings. The molecular formula is C12H16F4N4. The van der Waals surface area contributed by atoms with Crippen LogP contribution in [0.15, 0.2) is 30.1 Å². The molecule has 0 spiro atoms. The summed E-state index contributed by atoms with van der Waals surface area (Å²) in [7, 11) is 0. The van der Waals surface area contributed by atoms with Crippen LogP contribution in [0, 0.1) is 5.95 Å². The molecule has 1 aromatic heterocycles. The third kappa shape index (κ3) is 5.17. The Bertz CT molecular complexity index is 503. The molecule has 8 heteroatoms. The first kappa shape index (κ1) is 17.8. The van der Waals surface area contributed by atoms with E-state index in [0.29, 0.717) is 6.07 Å². The average molecular weight is 292 g/mol. The molecule has 0 aromatic carbocycles. The van der Waals surface area contributed by atoms with Crippen LogP contribution >= 0.6 is 0 Å². The molecule has 20 heavy (non-hydrogen) atoms. The Morgan fingerprint density at radius 3 is 2.05 bits per heavy atom. The summed E-state index contributed by atoms with van der Waals surface area (Å²) in [5, 5.41) is 0. The van der Waals surface area contributed by atoms with Crippen LogP contribution in [0.5, 0.6) is 0 Å². The number of hydrogen-bond acceptors (Lipinski definition) is 4. The minimum Gasteiger partial charge on any atom is -0.398 e. The molecule has 0 saturated heterocycles. The number of aromatic nitrogens is 1. The molecule has 0 amide bonds. The molecule has 0 fully saturated rings. The number of alkyl halides is 3. The summed E-state index contributed by atoms with van der Waals surface area (Å²) in [5.41, 5.74) is 14.0. The Hall–Kier alpha value is -2.25. The number of nitrogens with two attached hydrogens (primary N) is 3. The van der Waals surface area contributed by atoms with Gasteiger partial charge in [-0.05, 0) is 24.3 Å². The summed E-state index contributed by atoms with van der Waals surface area (Å²) in [6.45, 7) is 4.00. The number of pyridine rings is 1. The van der Waals surface area contributed by atoms with E-state index in [0.717, 1.165) is 6.07 Å². The smallest absolute Gasteiger partial charge is 0.398 e. The molecule has 0 aliphatic carbocycles. The average Bonchev–Trinajstić information content (AvgIpc) is 2.37. The van der Waals surface area contributed by atoms with Crippen LogP contribution < -0.4 is 17.2 Å². The van der Waals surface area contributed by atoms with Gasteiger partial charge in [0.2, 0.25) is 5.95 Å². The van der Waals surface area contributed by atoms with Crippen molar-refractivity contribution in [1.82, 2.24) is 4.98 Å². The Kier molecular flexibility index (Phi) is 6.54. The highest BCUT2D eigenvalue weighted by molar-refractivity contribution is 5.64. The first-order valence-corrected chi connectivity index (χ1v) is 5.64. The maximum absolute atomic E-state index is 13.3. The minimum absolute atomic E-state index is 0.0711. The van der Waals surface area contributed by atoms with Crippen LogP contribution in [-0.2, 0) is 6.18 Å². The predicted molar refractivity (Wildman–Crippen MR) is 69.2 cm³/mol. The summed E-state index contributed by atoms with van der Waals surface area (Å²) < 4.78 is 50.1. The van der Waals surface area contributed by atoms with Gasteiger partial charge >= 0.3 is 6.18 Å². The molecule has 0 aliphatic heterocycles. The SMILES string of the molecule is CC.NC(N)=C/C=C(\N)c1ccc(C(F)(F)F)nc1F. The summed E-state index contributed by atoms with van der Waals surface area (Å²) >= 11 is 0.